The normalized spacial score (nSPS) is 23.5. The molecule has 176 valence electrons. The largest absolute Gasteiger partial charge is 0.466 e. The number of carbonyl (C=O) groups excluding carboxylic acids is 2. The summed E-state index contributed by atoms with van der Waals surface area (Å²) in [5, 5.41) is 0. The Hall–Kier alpha value is -1.86. The number of ether oxygens (including phenoxy) is 1. The number of nitrogens with zero attached hydrogens (tertiary/aromatic N) is 3. The van der Waals surface area contributed by atoms with Crippen molar-refractivity contribution >= 4 is 36.7 Å². The number of amides is 1. The summed E-state index contributed by atoms with van der Waals surface area (Å²) in [6.07, 6.45) is 4.55. The van der Waals surface area contributed by atoms with Crippen LogP contribution in [0.25, 0.3) is 0 Å². The van der Waals surface area contributed by atoms with Gasteiger partial charge in [0.05, 0.1) is 18.6 Å². The van der Waals surface area contributed by atoms with Gasteiger partial charge in [-0.25, -0.2) is 4.79 Å². The molecule has 1 aliphatic carbocycles. The van der Waals surface area contributed by atoms with Crippen molar-refractivity contribution in [1.29, 1.82) is 0 Å². The molecule has 1 fully saturated rings. The summed E-state index contributed by atoms with van der Waals surface area (Å²) < 4.78 is 4.95. The third kappa shape index (κ3) is 5.54. The van der Waals surface area contributed by atoms with Crippen molar-refractivity contribution < 1.29 is 14.3 Å². The fourth-order valence-corrected chi connectivity index (χ4v) is 4.94. The first-order chi connectivity index (χ1) is 14.5. The first kappa shape index (κ1) is 26.4. The van der Waals surface area contributed by atoms with Gasteiger partial charge in [0.1, 0.15) is 0 Å². The molecular formula is C24H33Cl2N3O3. The minimum absolute atomic E-state index is 0. The molecule has 0 radical (unpaired) electrons. The van der Waals surface area contributed by atoms with E-state index in [1.54, 1.807) is 18.1 Å². The van der Waals surface area contributed by atoms with Crippen LogP contribution in [-0.4, -0.2) is 73.5 Å². The van der Waals surface area contributed by atoms with Gasteiger partial charge in [0.15, 0.2) is 0 Å². The average molecular weight is 482 g/mol. The van der Waals surface area contributed by atoms with Gasteiger partial charge < -0.3 is 9.64 Å². The van der Waals surface area contributed by atoms with Gasteiger partial charge in [-0.2, -0.15) is 0 Å². The van der Waals surface area contributed by atoms with Gasteiger partial charge in [0.2, 0.25) is 5.91 Å². The first-order valence-corrected chi connectivity index (χ1v) is 10.7. The highest BCUT2D eigenvalue weighted by Crippen LogP contribution is 2.41. The number of aryl methyl sites for hydroxylation is 1. The van der Waals surface area contributed by atoms with Gasteiger partial charge in [0.25, 0.3) is 0 Å². The average Bonchev–Trinajstić information content (AvgIpc) is 3.15. The van der Waals surface area contributed by atoms with Crippen LogP contribution in [0.3, 0.4) is 0 Å². The van der Waals surface area contributed by atoms with Crippen molar-refractivity contribution in [2.75, 3.05) is 46.9 Å². The molecule has 2 aliphatic heterocycles. The Kier molecular flexibility index (Phi) is 9.34. The molecule has 6 nitrogen and oxygen atoms in total. The Balaban J connectivity index is 0.00000181. The lowest BCUT2D eigenvalue weighted by atomic mass is 9.82. The molecule has 1 aromatic rings. The Morgan fingerprint density at radius 2 is 1.75 bits per heavy atom. The topological polar surface area (TPSA) is 53.1 Å². The SMILES string of the molecule is COC(=O)C1=CN(C)C(=O)[C@@H]2C(CN3CCN(Cc4cccc(C)c4)CC3)=CC[C@H]12.Cl.Cl. The van der Waals surface area contributed by atoms with Crippen LogP contribution in [0.5, 0.6) is 0 Å². The molecule has 32 heavy (non-hydrogen) atoms. The van der Waals surface area contributed by atoms with E-state index in [9.17, 15) is 9.59 Å². The van der Waals surface area contributed by atoms with Gasteiger partial charge in [-0.1, -0.05) is 35.9 Å². The Morgan fingerprint density at radius 3 is 2.38 bits per heavy atom. The molecule has 2 heterocycles. The maximum Gasteiger partial charge on any atom is 0.335 e. The number of rotatable bonds is 5. The van der Waals surface area contributed by atoms with E-state index in [4.69, 9.17) is 4.74 Å². The molecule has 1 amide bonds. The number of methoxy groups -OCH3 is 1. The Morgan fingerprint density at radius 1 is 1.09 bits per heavy atom. The Bertz CT molecular complexity index is 894. The van der Waals surface area contributed by atoms with Crippen LogP contribution in [0.15, 0.2) is 47.7 Å². The molecule has 0 bridgehead atoms. The number of carbonyl (C=O) groups is 2. The zero-order chi connectivity index (χ0) is 21.3. The van der Waals surface area contributed by atoms with Crippen LogP contribution >= 0.6 is 24.8 Å². The second-order valence-corrected chi connectivity index (χ2v) is 8.67. The minimum atomic E-state index is -0.330. The quantitative estimate of drug-likeness (QED) is 0.477. The number of allylic oxidation sites excluding steroid dienone is 1. The van der Waals surface area contributed by atoms with E-state index in [-0.39, 0.29) is 48.5 Å². The summed E-state index contributed by atoms with van der Waals surface area (Å²) in [5.41, 5.74) is 4.43. The summed E-state index contributed by atoms with van der Waals surface area (Å²) >= 11 is 0. The molecule has 3 aliphatic rings. The first-order valence-electron chi connectivity index (χ1n) is 10.7. The highest BCUT2D eigenvalue weighted by atomic mass is 35.5. The molecule has 0 saturated carbocycles. The second kappa shape index (κ2) is 11.3. The molecular weight excluding hydrogens is 449 g/mol. The molecule has 0 N–H and O–H groups in total. The smallest absolute Gasteiger partial charge is 0.335 e. The van der Waals surface area contributed by atoms with Crippen molar-refractivity contribution in [2.24, 2.45) is 11.8 Å². The molecule has 4 rings (SSSR count). The van der Waals surface area contributed by atoms with Gasteiger partial charge in [-0.3, -0.25) is 14.6 Å². The standard InChI is InChI=1S/C24H31N3O3.2ClH/c1-17-5-4-6-18(13-17)14-26-9-11-27(12-10-26)15-19-7-8-20-21(24(29)30-3)16-25(2)23(28)22(19)20;;/h4-7,13,16,20,22H,8-12,14-15H2,1-3H3;2*1H/t20-,22-;;/m1../s1. The van der Waals surface area contributed by atoms with Crippen molar-refractivity contribution in [2.45, 2.75) is 19.9 Å². The highest BCUT2D eigenvalue weighted by Gasteiger charge is 2.44. The van der Waals surface area contributed by atoms with Crippen LogP contribution in [-0.2, 0) is 20.9 Å². The number of halogens is 2. The van der Waals surface area contributed by atoms with Gasteiger partial charge in [0, 0.05) is 58.4 Å². The maximum absolute atomic E-state index is 12.9. The molecule has 1 saturated heterocycles. The lowest BCUT2D eigenvalue weighted by molar-refractivity contribution is -0.138. The molecule has 0 spiro atoms. The summed E-state index contributed by atoms with van der Waals surface area (Å²) in [4.78, 5) is 31.5. The van der Waals surface area contributed by atoms with E-state index in [1.165, 1.54) is 18.2 Å². The van der Waals surface area contributed by atoms with E-state index in [0.29, 0.717) is 5.57 Å². The molecule has 0 aromatic heterocycles. The number of benzene rings is 1. The molecule has 0 unspecified atom stereocenters. The highest BCUT2D eigenvalue weighted by molar-refractivity contribution is 5.95. The van der Waals surface area contributed by atoms with Crippen molar-refractivity contribution in [3.05, 3.63) is 58.8 Å². The Labute approximate surface area is 203 Å². The van der Waals surface area contributed by atoms with Gasteiger partial charge in [-0.15, -0.1) is 24.8 Å². The van der Waals surface area contributed by atoms with E-state index >= 15 is 0 Å². The van der Waals surface area contributed by atoms with Crippen molar-refractivity contribution in [3.8, 4) is 0 Å². The number of fused-ring (bicyclic) bond motifs is 1. The fourth-order valence-electron chi connectivity index (χ4n) is 4.94. The monoisotopic (exact) mass is 481 g/mol. The van der Waals surface area contributed by atoms with Crippen molar-refractivity contribution in [3.63, 3.8) is 0 Å². The van der Waals surface area contributed by atoms with Crippen molar-refractivity contribution in [1.82, 2.24) is 14.7 Å². The van der Waals surface area contributed by atoms with E-state index in [0.717, 1.165) is 51.3 Å². The predicted molar refractivity (Wildman–Crippen MR) is 130 cm³/mol. The summed E-state index contributed by atoms with van der Waals surface area (Å²) in [6, 6.07) is 8.71. The van der Waals surface area contributed by atoms with E-state index in [2.05, 4.69) is 47.1 Å². The van der Waals surface area contributed by atoms with E-state index < -0.39 is 0 Å². The van der Waals surface area contributed by atoms with Crippen LogP contribution in [0.1, 0.15) is 17.5 Å². The lowest BCUT2D eigenvalue weighted by Gasteiger charge is -2.37. The summed E-state index contributed by atoms with van der Waals surface area (Å²) in [6.45, 7) is 7.95. The van der Waals surface area contributed by atoms with Crippen LogP contribution < -0.4 is 0 Å². The number of hydrogen-bond acceptors (Lipinski definition) is 5. The van der Waals surface area contributed by atoms with Crippen LogP contribution in [0.2, 0.25) is 0 Å². The predicted octanol–water partition coefficient (Wildman–Crippen LogP) is 3.05. The number of piperazine rings is 1. The third-order valence-electron chi connectivity index (χ3n) is 6.56. The molecule has 8 heteroatoms. The van der Waals surface area contributed by atoms with Crippen LogP contribution in [0.4, 0.5) is 0 Å². The van der Waals surface area contributed by atoms with Crippen LogP contribution in [0, 0.1) is 18.8 Å². The molecule has 2 atom stereocenters. The maximum atomic E-state index is 12.9. The molecule has 1 aromatic carbocycles. The summed E-state index contributed by atoms with van der Waals surface area (Å²) in [7, 11) is 3.12. The zero-order valence-corrected chi connectivity index (χ0v) is 20.6. The second-order valence-electron chi connectivity index (χ2n) is 8.67. The fraction of sp³-hybridized carbons (Fsp3) is 0.500. The number of esters is 1. The number of hydrogen-bond donors (Lipinski definition) is 0. The summed E-state index contributed by atoms with van der Waals surface area (Å²) in [5.74, 6) is -0.573. The third-order valence-corrected chi connectivity index (χ3v) is 6.56. The zero-order valence-electron chi connectivity index (χ0n) is 19.0. The minimum Gasteiger partial charge on any atom is -0.466 e. The van der Waals surface area contributed by atoms with Gasteiger partial charge in [-0.05, 0) is 24.5 Å². The van der Waals surface area contributed by atoms with E-state index in [1.807, 2.05) is 0 Å². The van der Waals surface area contributed by atoms with Gasteiger partial charge >= 0.3 is 5.97 Å². The lowest BCUT2D eigenvalue weighted by Crippen LogP contribution is -2.47.